The third-order valence-corrected chi connectivity index (χ3v) is 9.53. The Balaban J connectivity index is 1.58. The van der Waals surface area contributed by atoms with E-state index in [1.165, 1.54) is 12.0 Å². The second-order valence-electron chi connectivity index (χ2n) is 13.6. The van der Waals surface area contributed by atoms with Crippen molar-refractivity contribution in [2.75, 3.05) is 13.7 Å². The van der Waals surface area contributed by atoms with Gasteiger partial charge in [-0.1, -0.05) is 34.1 Å². The summed E-state index contributed by atoms with van der Waals surface area (Å²) in [7, 11) is 1.50. The van der Waals surface area contributed by atoms with E-state index in [1.807, 2.05) is 27.7 Å². The van der Waals surface area contributed by atoms with Gasteiger partial charge in [-0.2, -0.15) is 8.78 Å². The zero-order valence-corrected chi connectivity index (χ0v) is 26.7. The van der Waals surface area contributed by atoms with E-state index in [4.69, 9.17) is 14.2 Å². The minimum atomic E-state index is -3.36. The fourth-order valence-corrected chi connectivity index (χ4v) is 7.02. The highest BCUT2D eigenvalue weighted by atomic mass is 19.3. The largest absolute Gasteiger partial charge is 0.497 e. The van der Waals surface area contributed by atoms with Crippen LogP contribution in [0, 0.1) is 17.3 Å². The summed E-state index contributed by atoms with van der Waals surface area (Å²) in [6.07, 6.45) is 2.55. The predicted molar refractivity (Wildman–Crippen MR) is 162 cm³/mol. The van der Waals surface area contributed by atoms with Crippen LogP contribution < -0.4 is 14.8 Å². The van der Waals surface area contributed by atoms with E-state index in [0.717, 1.165) is 12.8 Å². The molecule has 10 nitrogen and oxygen atoms in total. The molecule has 1 aromatic heterocycles. The van der Waals surface area contributed by atoms with Crippen molar-refractivity contribution in [3.63, 3.8) is 0 Å². The van der Waals surface area contributed by atoms with Crippen molar-refractivity contribution in [3.05, 3.63) is 23.9 Å². The molecule has 45 heavy (non-hydrogen) atoms. The quantitative estimate of drug-likeness (QED) is 0.423. The number of nitrogens with zero attached hydrogens (tertiary/aromatic N) is 3. The van der Waals surface area contributed by atoms with Crippen molar-refractivity contribution in [1.82, 2.24) is 20.2 Å². The first-order valence-corrected chi connectivity index (χ1v) is 16.0. The van der Waals surface area contributed by atoms with Crippen molar-refractivity contribution < 1.29 is 37.4 Å². The van der Waals surface area contributed by atoms with Crippen LogP contribution in [0.2, 0.25) is 0 Å². The van der Waals surface area contributed by atoms with Crippen LogP contribution in [-0.2, 0) is 20.2 Å². The summed E-state index contributed by atoms with van der Waals surface area (Å²) in [5.74, 6) is -4.13. The molecule has 6 atom stereocenters. The molecule has 246 valence electrons. The Morgan fingerprint density at radius 2 is 1.82 bits per heavy atom. The summed E-state index contributed by atoms with van der Waals surface area (Å²) < 4.78 is 49.5. The normalized spacial score (nSPS) is 29.4. The minimum absolute atomic E-state index is 0.0467. The molecule has 5 rings (SSSR count). The molecule has 2 aliphatic heterocycles. The first-order chi connectivity index (χ1) is 21.4. The average Bonchev–Trinajstić information content (AvgIpc) is 3.59. The molecule has 2 bridgehead atoms. The van der Waals surface area contributed by atoms with E-state index in [2.05, 4.69) is 15.3 Å². The SMILES string of the molecule is CC[C@@H]1[C@@H]2CN(C(=O)[C@H](C(C)(C)C)NC(=O)O[C@@H]3CCC[C@H]3CCCCC(F)(F)c3nc4ccc(OC)cc4nc3O2)[C@@H]1C=O. The lowest BCUT2D eigenvalue weighted by atomic mass is 9.85. The number of alkyl carbamates (subject to hydrolysis) is 1. The summed E-state index contributed by atoms with van der Waals surface area (Å²) >= 11 is 0. The van der Waals surface area contributed by atoms with Crippen molar-refractivity contribution >= 4 is 29.3 Å². The summed E-state index contributed by atoms with van der Waals surface area (Å²) in [5, 5.41) is 2.80. The molecule has 2 amide bonds. The van der Waals surface area contributed by atoms with Crippen LogP contribution in [0.5, 0.6) is 11.6 Å². The Bertz CT molecular complexity index is 1420. The molecule has 3 heterocycles. The van der Waals surface area contributed by atoms with Gasteiger partial charge in [0, 0.05) is 18.4 Å². The van der Waals surface area contributed by atoms with Crippen molar-refractivity contribution in [1.29, 1.82) is 0 Å². The number of aromatic nitrogens is 2. The predicted octanol–water partition coefficient (Wildman–Crippen LogP) is 5.80. The number of amides is 2. The van der Waals surface area contributed by atoms with Crippen LogP contribution in [0.4, 0.5) is 13.6 Å². The number of benzene rings is 1. The molecule has 1 aliphatic carbocycles. The zero-order valence-electron chi connectivity index (χ0n) is 26.7. The molecular weight excluding hydrogens is 586 g/mol. The number of rotatable bonds is 3. The molecule has 1 saturated carbocycles. The Hall–Kier alpha value is -3.57. The molecule has 12 heteroatoms. The van der Waals surface area contributed by atoms with Gasteiger partial charge < -0.3 is 29.2 Å². The lowest BCUT2D eigenvalue weighted by Crippen LogP contribution is -2.56. The standard InChI is InChI=1S/C33H44F2N4O6/c1-6-21-24(18-40)39-17-26(21)44-29-27(36-22-14-13-20(43-5)16-23(22)37-29)33(34,35)15-8-7-10-19-11-9-12-25(19)45-31(42)38-28(30(39)41)32(2,3)4/h13-14,16,18-19,21,24-26,28H,6-12,15,17H2,1-5H3,(H,38,42)/t19-,21+,24-,25-,26+,28-/m1/s1. The number of carbonyl (C=O) groups excluding carboxylic acids is 3. The van der Waals surface area contributed by atoms with Crippen LogP contribution in [0.25, 0.3) is 11.0 Å². The molecule has 2 aromatic rings. The van der Waals surface area contributed by atoms with Crippen molar-refractivity contribution in [3.8, 4) is 11.6 Å². The smallest absolute Gasteiger partial charge is 0.408 e. The Kier molecular flexibility index (Phi) is 9.51. The number of carbonyl (C=O) groups is 3. The van der Waals surface area contributed by atoms with E-state index in [9.17, 15) is 14.4 Å². The van der Waals surface area contributed by atoms with Gasteiger partial charge in [-0.25, -0.2) is 14.8 Å². The van der Waals surface area contributed by atoms with Crippen LogP contribution in [0.1, 0.15) is 84.8 Å². The van der Waals surface area contributed by atoms with Gasteiger partial charge in [-0.15, -0.1) is 0 Å². The summed E-state index contributed by atoms with van der Waals surface area (Å²) in [4.78, 5) is 50.0. The summed E-state index contributed by atoms with van der Waals surface area (Å²) in [5.41, 5.74) is -0.695. The first kappa shape index (κ1) is 32.8. The molecule has 0 radical (unpaired) electrons. The number of methoxy groups -OCH3 is 1. The van der Waals surface area contributed by atoms with Gasteiger partial charge in [0.1, 0.15) is 30.3 Å². The number of aldehydes is 1. The van der Waals surface area contributed by atoms with E-state index in [0.29, 0.717) is 43.2 Å². The number of hydrogen-bond acceptors (Lipinski definition) is 8. The van der Waals surface area contributed by atoms with Gasteiger partial charge in [-0.3, -0.25) is 4.79 Å². The van der Waals surface area contributed by atoms with Crippen molar-refractivity contribution in [2.24, 2.45) is 17.3 Å². The second-order valence-corrected chi connectivity index (χ2v) is 13.6. The van der Waals surface area contributed by atoms with Gasteiger partial charge in [0.15, 0.2) is 5.69 Å². The van der Waals surface area contributed by atoms with Gasteiger partial charge in [-0.05, 0) is 62.0 Å². The molecule has 0 spiro atoms. The summed E-state index contributed by atoms with van der Waals surface area (Å²) in [6.45, 7) is 7.26. The van der Waals surface area contributed by atoms with E-state index < -0.39 is 59.6 Å². The highest BCUT2D eigenvalue weighted by Crippen LogP contribution is 2.41. The fourth-order valence-electron chi connectivity index (χ4n) is 7.02. The number of fused-ring (bicyclic) bond motifs is 5. The van der Waals surface area contributed by atoms with E-state index in [-0.39, 0.29) is 36.4 Å². The van der Waals surface area contributed by atoms with Crippen LogP contribution >= 0.6 is 0 Å². The molecule has 0 unspecified atom stereocenters. The minimum Gasteiger partial charge on any atom is -0.497 e. The maximum absolute atomic E-state index is 16.0. The highest BCUT2D eigenvalue weighted by Gasteiger charge is 2.49. The van der Waals surface area contributed by atoms with Crippen molar-refractivity contribution in [2.45, 2.75) is 109 Å². The topological polar surface area (TPSA) is 120 Å². The Morgan fingerprint density at radius 1 is 1.07 bits per heavy atom. The fraction of sp³-hybridized carbons (Fsp3) is 0.667. The molecular formula is C33H44F2N4O6. The van der Waals surface area contributed by atoms with Gasteiger partial charge in [0.05, 0.1) is 30.7 Å². The van der Waals surface area contributed by atoms with Crippen LogP contribution in [0.3, 0.4) is 0 Å². The average molecular weight is 631 g/mol. The highest BCUT2D eigenvalue weighted by molar-refractivity contribution is 5.89. The number of hydrogen-bond donors (Lipinski definition) is 1. The Labute approximate surface area is 262 Å². The van der Waals surface area contributed by atoms with Crippen LogP contribution in [0.15, 0.2) is 18.2 Å². The second kappa shape index (κ2) is 13.0. The summed E-state index contributed by atoms with van der Waals surface area (Å²) in [6, 6.07) is 2.92. The van der Waals surface area contributed by atoms with Gasteiger partial charge in [0.2, 0.25) is 11.8 Å². The molecule has 1 saturated heterocycles. The zero-order chi connectivity index (χ0) is 32.5. The molecule has 1 N–H and O–H groups in total. The van der Waals surface area contributed by atoms with E-state index >= 15 is 8.78 Å². The monoisotopic (exact) mass is 630 g/mol. The number of halogens is 2. The third kappa shape index (κ3) is 6.84. The van der Waals surface area contributed by atoms with Gasteiger partial charge in [0.25, 0.3) is 5.92 Å². The van der Waals surface area contributed by atoms with Gasteiger partial charge >= 0.3 is 6.09 Å². The maximum Gasteiger partial charge on any atom is 0.408 e. The third-order valence-electron chi connectivity index (χ3n) is 9.53. The van der Waals surface area contributed by atoms with Crippen LogP contribution in [-0.4, -0.2) is 71.1 Å². The Morgan fingerprint density at radius 3 is 2.51 bits per heavy atom. The molecule has 2 fully saturated rings. The number of nitrogens with one attached hydrogen (secondary N) is 1. The molecule has 1 aromatic carbocycles. The number of alkyl halides is 2. The lowest BCUT2D eigenvalue weighted by molar-refractivity contribution is -0.139. The first-order valence-electron chi connectivity index (χ1n) is 16.0. The number of ether oxygens (including phenoxy) is 3. The molecule has 3 aliphatic rings. The maximum atomic E-state index is 16.0. The van der Waals surface area contributed by atoms with E-state index in [1.54, 1.807) is 18.2 Å². The lowest BCUT2D eigenvalue weighted by Gasteiger charge is -2.35.